The molecular formula is C24H25Cl2N7O4S. The molecule has 3 heterocycles. The van der Waals surface area contributed by atoms with Gasteiger partial charge in [-0.3, -0.25) is 9.69 Å². The lowest BCUT2D eigenvalue weighted by Crippen LogP contribution is -2.44. The van der Waals surface area contributed by atoms with Gasteiger partial charge in [-0.25, -0.2) is 18.1 Å². The van der Waals surface area contributed by atoms with Crippen molar-refractivity contribution in [3.05, 3.63) is 63.8 Å². The lowest BCUT2D eigenvalue weighted by molar-refractivity contribution is 0.0932. The predicted octanol–water partition coefficient (Wildman–Crippen LogP) is 2.98. The molecule has 0 spiro atoms. The number of aromatic nitrogens is 2. The summed E-state index contributed by atoms with van der Waals surface area (Å²) in [5, 5.41) is 7.08. The van der Waals surface area contributed by atoms with E-state index in [-0.39, 0.29) is 36.6 Å². The Morgan fingerprint density at radius 3 is 2.58 bits per heavy atom. The first-order valence-electron chi connectivity index (χ1n) is 11.8. The summed E-state index contributed by atoms with van der Waals surface area (Å²) in [5.41, 5.74) is 2.94. The molecule has 200 valence electrons. The summed E-state index contributed by atoms with van der Waals surface area (Å²) in [6, 6.07) is 10.6. The Morgan fingerprint density at radius 1 is 1.13 bits per heavy atom. The molecule has 2 aliphatic rings. The van der Waals surface area contributed by atoms with Crippen LogP contribution in [0, 0.1) is 0 Å². The molecule has 1 aromatic heterocycles. The highest BCUT2D eigenvalue weighted by Gasteiger charge is 2.31. The number of ether oxygens (including phenoxy) is 1. The lowest BCUT2D eigenvalue weighted by Gasteiger charge is -2.31. The molecule has 1 saturated heterocycles. The van der Waals surface area contributed by atoms with E-state index in [1.54, 1.807) is 18.2 Å². The Bertz CT molecular complexity index is 1460. The van der Waals surface area contributed by atoms with Crippen molar-refractivity contribution in [2.45, 2.75) is 6.54 Å². The number of nitrogens with one attached hydrogen (secondary N) is 3. The van der Waals surface area contributed by atoms with Gasteiger partial charge in [0.2, 0.25) is 21.9 Å². The summed E-state index contributed by atoms with van der Waals surface area (Å²) >= 11 is 12.5. The number of rotatable bonds is 7. The molecule has 3 aromatic rings. The molecule has 0 aliphatic carbocycles. The van der Waals surface area contributed by atoms with Gasteiger partial charge in [0.05, 0.1) is 22.0 Å². The fraction of sp³-hybridized carbons (Fsp3) is 0.292. The quantitative estimate of drug-likeness (QED) is 0.388. The van der Waals surface area contributed by atoms with E-state index in [2.05, 4.69) is 30.2 Å². The maximum Gasteiger partial charge on any atom is 0.268 e. The number of benzene rings is 2. The average Bonchev–Trinajstić information content (AvgIpc) is 2.89. The first kappa shape index (κ1) is 26.4. The van der Waals surface area contributed by atoms with Crippen molar-refractivity contribution in [3.8, 4) is 5.88 Å². The van der Waals surface area contributed by atoms with Gasteiger partial charge >= 0.3 is 0 Å². The number of fused-ring (bicyclic) bond motifs is 1. The Morgan fingerprint density at radius 2 is 1.87 bits per heavy atom. The highest BCUT2D eigenvalue weighted by molar-refractivity contribution is 7.88. The Kier molecular flexibility index (Phi) is 7.59. The molecule has 0 unspecified atom stereocenters. The summed E-state index contributed by atoms with van der Waals surface area (Å²) in [7, 11) is -3.38. The topological polar surface area (TPSA) is 129 Å². The van der Waals surface area contributed by atoms with Crippen LogP contribution >= 0.6 is 23.2 Å². The van der Waals surface area contributed by atoms with E-state index in [4.69, 9.17) is 27.9 Å². The summed E-state index contributed by atoms with van der Waals surface area (Å²) < 4.78 is 31.8. The molecule has 0 atom stereocenters. The number of anilines is 4. The van der Waals surface area contributed by atoms with E-state index >= 15 is 0 Å². The van der Waals surface area contributed by atoms with Crippen LogP contribution in [0.15, 0.2) is 42.6 Å². The van der Waals surface area contributed by atoms with Crippen LogP contribution in [0.4, 0.5) is 23.0 Å². The zero-order valence-electron chi connectivity index (χ0n) is 20.4. The minimum absolute atomic E-state index is 0.119. The maximum atomic E-state index is 13.1. The molecule has 5 rings (SSSR count). The van der Waals surface area contributed by atoms with E-state index in [9.17, 15) is 13.2 Å². The van der Waals surface area contributed by atoms with E-state index in [0.717, 1.165) is 43.7 Å². The number of sulfonamides is 1. The second-order valence-electron chi connectivity index (χ2n) is 8.79. The van der Waals surface area contributed by atoms with E-state index in [1.165, 1.54) is 11.1 Å². The number of carbonyl (C=O) groups is 1. The molecule has 0 bridgehead atoms. The fourth-order valence-electron chi connectivity index (χ4n) is 4.28. The molecule has 1 amide bonds. The molecule has 14 heteroatoms. The second kappa shape index (κ2) is 10.9. The van der Waals surface area contributed by atoms with Gasteiger partial charge in [0.1, 0.15) is 5.56 Å². The third-order valence-electron chi connectivity index (χ3n) is 6.09. The minimum atomic E-state index is -3.38. The van der Waals surface area contributed by atoms with Gasteiger partial charge in [-0.15, -0.1) is 0 Å². The van der Waals surface area contributed by atoms with Gasteiger partial charge in [0.25, 0.3) is 5.91 Å². The molecule has 2 aromatic carbocycles. The smallest absolute Gasteiger partial charge is 0.268 e. The number of amides is 1. The van der Waals surface area contributed by atoms with Gasteiger partial charge in [0, 0.05) is 50.3 Å². The Hall–Kier alpha value is -3.16. The number of hydrogen-bond donors (Lipinski definition) is 3. The van der Waals surface area contributed by atoms with Crippen LogP contribution in [0.25, 0.3) is 0 Å². The van der Waals surface area contributed by atoms with Crippen LogP contribution in [0.3, 0.4) is 0 Å². The number of hydrogen-bond acceptors (Lipinski definition) is 9. The highest BCUT2D eigenvalue weighted by Crippen LogP contribution is 2.37. The fourth-order valence-corrected chi connectivity index (χ4v) is 5.30. The first-order valence-corrected chi connectivity index (χ1v) is 14.4. The number of para-hydroxylation sites is 1. The monoisotopic (exact) mass is 577 g/mol. The van der Waals surface area contributed by atoms with Crippen LogP contribution in [0.2, 0.25) is 10.0 Å². The van der Waals surface area contributed by atoms with Crippen molar-refractivity contribution in [1.29, 1.82) is 0 Å². The largest absolute Gasteiger partial charge is 0.455 e. The molecule has 0 radical (unpaired) electrons. The summed E-state index contributed by atoms with van der Waals surface area (Å²) in [4.78, 5) is 25.3. The molecule has 11 nitrogen and oxygen atoms in total. The van der Waals surface area contributed by atoms with Gasteiger partial charge < -0.3 is 20.3 Å². The molecule has 1 fully saturated rings. The van der Waals surface area contributed by atoms with Crippen molar-refractivity contribution in [1.82, 2.24) is 20.0 Å². The van der Waals surface area contributed by atoms with Crippen molar-refractivity contribution in [2.24, 2.45) is 0 Å². The molecule has 2 aliphatic heterocycles. The summed E-state index contributed by atoms with van der Waals surface area (Å²) in [5.74, 6) is -0.0386. The third-order valence-corrected chi connectivity index (χ3v) is 7.36. The standard InChI is InChI=1S/C24H25Cl2N7O4S/c1-38(35,36)29-12-15-11-16(5-6-20(15)32-9-7-27-8-10-32)30-24-28-13-17-22(31-24)37-14-33(23(17)34)21-18(25)3-2-4-19(21)26/h2-6,11,13,27,29H,7-10,12,14H2,1H3,(H,28,30,31). The van der Waals surface area contributed by atoms with Crippen LogP contribution in [-0.2, 0) is 16.6 Å². The van der Waals surface area contributed by atoms with E-state index in [0.29, 0.717) is 21.4 Å². The zero-order chi connectivity index (χ0) is 26.9. The Balaban J connectivity index is 1.38. The first-order chi connectivity index (χ1) is 18.2. The van der Waals surface area contributed by atoms with Crippen LogP contribution < -0.4 is 29.9 Å². The number of halogens is 2. The van der Waals surface area contributed by atoms with Crippen molar-refractivity contribution in [3.63, 3.8) is 0 Å². The van der Waals surface area contributed by atoms with Crippen LogP contribution in [0.5, 0.6) is 5.88 Å². The van der Waals surface area contributed by atoms with E-state index in [1.807, 2.05) is 18.2 Å². The maximum absolute atomic E-state index is 13.1. The minimum Gasteiger partial charge on any atom is -0.455 e. The van der Waals surface area contributed by atoms with Crippen LogP contribution in [-0.4, -0.2) is 63.5 Å². The summed E-state index contributed by atoms with van der Waals surface area (Å²) in [6.07, 6.45) is 2.51. The van der Waals surface area contributed by atoms with Crippen molar-refractivity contribution < 1.29 is 17.9 Å². The zero-order valence-corrected chi connectivity index (χ0v) is 22.7. The molecular weight excluding hydrogens is 553 g/mol. The number of nitrogens with zero attached hydrogens (tertiary/aromatic N) is 4. The number of piperazine rings is 1. The Labute approximate surface area is 230 Å². The van der Waals surface area contributed by atoms with Gasteiger partial charge in [0.15, 0.2) is 6.73 Å². The number of carbonyl (C=O) groups excluding carboxylic acids is 1. The van der Waals surface area contributed by atoms with E-state index < -0.39 is 10.0 Å². The van der Waals surface area contributed by atoms with Crippen molar-refractivity contribution >= 4 is 62.1 Å². The second-order valence-corrected chi connectivity index (χ2v) is 11.4. The molecule has 0 saturated carbocycles. The van der Waals surface area contributed by atoms with Crippen molar-refractivity contribution in [2.75, 3.05) is 54.3 Å². The van der Waals surface area contributed by atoms with Gasteiger partial charge in [-0.1, -0.05) is 29.3 Å². The van der Waals surface area contributed by atoms with Crippen LogP contribution in [0.1, 0.15) is 15.9 Å². The predicted molar refractivity (Wildman–Crippen MR) is 147 cm³/mol. The highest BCUT2D eigenvalue weighted by atomic mass is 35.5. The molecule has 38 heavy (non-hydrogen) atoms. The third kappa shape index (κ3) is 5.79. The normalized spacial score (nSPS) is 15.7. The molecule has 3 N–H and O–H groups in total. The van der Waals surface area contributed by atoms with Gasteiger partial charge in [-0.2, -0.15) is 4.98 Å². The SMILES string of the molecule is CS(=O)(=O)NCc1cc(Nc2ncc3c(n2)OCN(c2c(Cl)cccc2Cl)C3=O)ccc1N1CCNCC1. The summed E-state index contributed by atoms with van der Waals surface area (Å²) in [6.45, 7) is 3.34. The lowest BCUT2D eigenvalue weighted by atomic mass is 10.1. The van der Waals surface area contributed by atoms with Gasteiger partial charge in [-0.05, 0) is 35.9 Å². The average molecular weight is 578 g/mol.